The fourth-order valence-corrected chi connectivity index (χ4v) is 3.58. The third kappa shape index (κ3) is 2.99. The SMILES string of the molecule is Cc1cc(=O)n2nc(COC(=O)CN3C(=O)c4ccccc4C3=O)sc2n1. The summed E-state index contributed by atoms with van der Waals surface area (Å²) >= 11 is 1.12. The number of carbonyl (C=O) groups excluding carboxylic acids is 3. The normalized spacial score (nSPS) is 13.3. The van der Waals surface area contributed by atoms with Crippen molar-refractivity contribution in [2.24, 2.45) is 0 Å². The van der Waals surface area contributed by atoms with E-state index in [1.165, 1.54) is 18.2 Å². The second-order valence-electron chi connectivity index (χ2n) is 5.83. The van der Waals surface area contributed by atoms with Gasteiger partial charge in [-0.05, 0) is 19.1 Å². The topological polar surface area (TPSA) is 111 Å². The average molecular weight is 384 g/mol. The van der Waals surface area contributed by atoms with E-state index < -0.39 is 24.3 Å². The minimum Gasteiger partial charge on any atom is -0.457 e. The van der Waals surface area contributed by atoms with Gasteiger partial charge >= 0.3 is 5.97 Å². The van der Waals surface area contributed by atoms with Crippen LogP contribution in [0.5, 0.6) is 0 Å². The van der Waals surface area contributed by atoms with Crippen LogP contribution in [0.4, 0.5) is 0 Å². The summed E-state index contributed by atoms with van der Waals surface area (Å²) in [4.78, 5) is 53.8. The Kier molecular flexibility index (Phi) is 4.04. The Morgan fingerprint density at radius 2 is 1.81 bits per heavy atom. The Hall–Kier alpha value is -3.40. The standard InChI is InChI=1S/C17H12N4O5S/c1-9-6-13(22)21-17(18-9)27-12(19-21)8-26-14(23)7-20-15(24)10-4-2-3-5-11(10)16(20)25/h2-6H,7-8H2,1H3. The molecule has 0 atom stereocenters. The average Bonchev–Trinajstić information content (AvgIpc) is 3.15. The van der Waals surface area contributed by atoms with E-state index in [1.54, 1.807) is 19.1 Å². The first-order valence-corrected chi connectivity index (χ1v) is 8.73. The molecule has 27 heavy (non-hydrogen) atoms. The zero-order valence-corrected chi connectivity index (χ0v) is 14.9. The van der Waals surface area contributed by atoms with Crippen LogP contribution in [0.1, 0.15) is 31.4 Å². The molecule has 0 saturated carbocycles. The van der Waals surface area contributed by atoms with Gasteiger partial charge in [-0.15, -0.1) is 0 Å². The van der Waals surface area contributed by atoms with Crippen molar-refractivity contribution < 1.29 is 19.1 Å². The molecule has 10 heteroatoms. The molecule has 9 nitrogen and oxygen atoms in total. The van der Waals surface area contributed by atoms with E-state index >= 15 is 0 Å². The van der Waals surface area contributed by atoms with Crippen LogP contribution in [0.2, 0.25) is 0 Å². The number of fused-ring (bicyclic) bond motifs is 2. The lowest BCUT2D eigenvalue weighted by Gasteiger charge is -2.12. The predicted molar refractivity (Wildman–Crippen MR) is 93.5 cm³/mol. The Morgan fingerprint density at radius 3 is 2.48 bits per heavy atom. The highest BCUT2D eigenvalue weighted by atomic mass is 32.1. The number of rotatable bonds is 4. The van der Waals surface area contributed by atoms with Crippen molar-refractivity contribution in [2.45, 2.75) is 13.5 Å². The number of esters is 1. The summed E-state index contributed by atoms with van der Waals surface area (Å²) < 4.78 is 6.23. The van der Waals surface area contributed by atoms with Crippen molar-refractivity contribution in [3.63, 3.8) is 0 Å². The van der Waals surface area contributed by atoms with E-state index in [9.17, 15) is 19.2 Å². The molecule has 1 aromatic carbocycles. The van der Waals surface area contributed by atoms with Crippen molar-refractivity contribution in [2.75, 3.05) is 6.54 Å². The summed E-state index contributed by atoms with van der Waals surface area (Å²) in [6, 6.07) is 7.72. The number of hydrogen-bond donors (Lipinski definition) is 0. The second kappa shape index (κ2) is 6.40. The molecule has 0 saturated heterocycles. The third-order valence-corrected chi connectivity index (χ3v) is 4.82. The summed E-state index contributed by atoms with van der Waals surface area (Å²) in [5, 5.41) is 4.43. The number of nitrogens with zero attached hydrogens (tertiary/aromatic N) is 4. The van der Waals surface area contributed by atoms with Gasteiger partial charge in [0.25, 0.3) is 17.4 Å². The maximum Gasteiger partial charge on any atom is 0.326 e. The van der Waals surface area contributed by atoms with Gasteiger partial charge in [-0.2, -0.15) is 9.61 Å². The van der Waals surface area contributed by atoms with E-state index in [1.807, 2.05) is 0 Å². The van der Waals surface area contributed by atoms with Gasteiger partial charge in [0.1, 0.15) is 13.2 Å². The quantitative estimate of drug-likeness (QED) is 0.483. The highest BCUT2D eigenvalue weighted by molar-refractivity contribution is 7.16. The maximum atomic E-state index is 12.2. The van der Waals surface area contributed by atoms with Gasteiger partial charge in [0.2, 0.25) is 4.96 Å². The van der Waals surface area contributed by atoms with E-state index in [0.717, 1.165) is 20.8 Å². The molecule has 4 rings (SSSR count). The third-order valence-electron chi connectivity index (χ3n) is 3.94. The van der Waals surface area contributed by atoms with Gasteiger partial charge in [0.05, 0.1) is 11.1 Å². The zero-order valence-electron chi connectivity index (χ0n) is 14.0. The Balaban J connectivity index is 1.44. The summed E-state index contributed by atoms with van der Waals surface area (Å²) in [5.74, 6) is -1.81. The minimum absolute atomic E-state index is 0.186. The molecular formula is C17H12N4O5S. The van der Waals surface area contributed by atoms with Gasteiger partial charge in [0, 0.05) is 11.8 Å². The number of carbonyl (C=O) groups is 3. The summed E-state index contributed by atoms with van der Waals surface area (Å²) in [5.41, 5.74) is 0.778. The Morgan fingerprint density at radius 1 is 1.15 bits per heavy atom. The van der Waals surface area contributed by atoms with Crippen LogP contribution in [0, 0.1) is 6.92 Å². The van der Waals surface area contributed by atoms with Crippen LogP contribution < -0.4 is 5.56 Å². The van der Waals surface area contributed by atoms with Gasteiger partial charge in [-0.25, -0.2) is 4.98 Å². The summed E-state index contributed by atoms with van der Waals surface area (Å²) in [6.45, 7) is 1.02. The Bertz CT molecular complexity index is 1130. The first-order chi connectivity index (χ1) is 12.9. The largest absolute Gasteiger partial charge is 0.457 e. The Labute approximate surface area is 155 Å². The molecular weight excluding hydrogens is 372 g/mol. The highest BCUT2D eigenvalue weighted by Gasteiger charge is 2.36. The van der Waals surface area contributed by atoms with E-state index in [-0.39, 0.29) is 23.3 Å². The van der Waals surface area contributed by atoms with Crippen LogP contribution >= 0.6 is 11.3 Å². The van der Waals surface area contributed by atoms with Crippen molar-refractivity contribution >= 4 is 34.1 Å². The lowest BCUT2D eigenvalue weighted by atomic mass is 10.1. The maximum absolute atomic E-state index is 12.2. The monoisotopic (exact) mass is 384 g/mol. The van der Waals surface area contributed by atoms with Crippen LogP contribution in [-0.4, -0.2) is 43.8 Å². The van der Waals surface area contributed by atoms with Gasteiger partial charge in [-0.1, -0.05) is 23.5 Å². The molecule has 136 valence electrons. The van der Waals surface area contributed by atoms with Crippen LogP contribution in [0.3, 0.4) is 0 Å². The second-order valence-corrected chi connectivity index (χ2v) is 6.87. The lowest BCUT2D eigenvalue weighted by Crippen LogP contribution is -2.35. The van der Waals surface area contributed by atoms with Crippen molar-refractivity contribution in [3.8, 4) is 0 Å². The smallest absolute Gasteiger partial charge is 0.326 e. The van der Waals surface area contributed by atoms with E-state index in [0.29, 0.717) is 15.7 Å². The van der Waals surface area contributed by atoms with Crippen molar-refractivity contribution in [1.82, 2.24) is 19.5 Å². The predicted octanol–water partition coefficient (Wildman–Crippen LogP) is 0.799. The number of imide groups is 1. The fraction of sp³-hybridized carbons (Fsp3) is 0.176. The van der Waals surface area contributed by atoms with Crippen molar-refractivity contribution in [3.05, 3.63) is 62.5 Å². The van der Waals surface area contributed by atoms with Crippen LogP contribution in [0.25, 0.3) is 4.96 Å². The fourth-order valence-electron chi connectivity index (χ4n) is 2.72. The minimum atomic E-state index is -0.750. The van der Waals surface area contributed by atoms with Gasteiger partial charge in [-0.3, -0.25) is 24.1 Å². The molecule has 0 unspecified atom stereocenters. The molecule has 0 radical (unpaired) electrons. The molecule has 3 heterocycles. The molecule has 1 aliphatic heterocycles. The number of aryl methyl sites for hydroxylation is 1. The number of amides is 2. The van der Waals surface area contributed by atoms with Crippen molar-refractivity contribution in [1.29, 1.82) is 0 Å². The molecule has 0 spiro atoms. The number of aromatic nitrogens is 3. The highest BCUT2D eigenvalue weighted by Crippen LogP contribution is 2.22. The molecule has 0 fully saturated rings. The molecule has 2 amide bonds. The summed E-state index contributed by atoms with van der Waals surface area (Å²) in [7, 11) is 0. The molecule has 0 N–H and O–H groups in total. The number of benzene rings is 1. The zero-order chi connectivity index (χ0) is 19.1. The van der Waals surface area contributed by atoms with Gasteiger partial charge in [0.15, 0.2) is 5.01 Å². The first-order valence-electron chi connectivity index (χ1n) is 7.91. The molecule has 1 aliphatic rings. The van der Waals surface area contributed by atoms with Crippen LogP contribution in [0.15, 0.2) is 35.1 Å². The van der Waals surface area contributed by atoms with Gasteiger partial charge < -0.3 is 4.74 Å². The van der Waals surface area contributed by atoms with E-state index in [4.69, 9.17) is 4.74 Å². The van der Waals surface area contributed by atoms with E-state index in [2.05, 4.69) is 10.1 Å². The molecule has 0 bridgehead atoms. The van der Waals surface area contributed by atoms with Crippen LogP contribution in [-0.2, 0) is 16.1 Å². The summed E-state index contributed by atoms with van der Waals surface area (Å²) in [6.07, 6.45) is 0. The number of hydrogen-bond acceptors (Lipinski definition) is 8. The lowest BCUT2D eigenvalue weighted by molar-refractivity contribution is -0.145. The molecule has 2 aromatic heterocycles. The molecule has 0 aliphatic carbocycles. The first kappa shape index (κ1) is 17.0. The number of ether oxygens (including phenoxy) is 1. The molecule has 3 aromatic rings.